The zero-order valence-electron chi connectivity index (χ0n) is 14.7. The van der Waals surface area contributed by atoms with Crippen molar-refractivity contribution in [2.75, 3.05) is 23.4 Å². The maximum absolute atomic E-state index is 13.4. The predicted octanol–water partition coefficient (Wildman–Crippen LogP) is 2.26. The van der Waals surface area contributed by atoms with Gasteiger partial charge in [0.05, 0.1) is 5.69 Å². The summed E-state index contributed by atoms with van der Waals surface area (Å²) in [5, 5.41) is 2.39. The van der Waals surface area contributed by atoms with Gasteiger partial charge in [-0.1, -0.05) is 35.9 Å². The molecule has 0 saturated carbocycles. The lowest BCUT2D eigenvalue weighted by Crippen LogP contribution is -2.68. The van der Waals surface area contributed by atoms with E-state index >= 15 is 0 Å². The number of aryl methyl sites for hydroxylation is 1. The predicted molar refractivity (Wildman–Crippen MR) is 98.1 cm³/mol. The van der Waals surface area contributed by atoms with Crippen molar-refractivity contribution in [1.29, 1.82) is 0 Å². The summed E-state index contributed by atoms with van der Waals surface area (Å²) in [6.45, 7) is 2.20. The van der Waals surface area contributed by atoms with E-state index < -0.39 is 23.3 Å². The Balaban J connectivity index is 1.81. The van der Waals surface area contributed by atoms with Crippen molar-refractivity contribution in [3.05, 3.63) is 59.7 Å². The third-order valence-electron chi connectivity index (χ3n) is 5.13. The molecule has 0 radical (unpaired) electrons. The highest BCUT2D eigenvalue weighted by atomic mass is 16.2. The number of carbonyl (C=O) groups excluding carboxylic acids is 3. The molecule has 4 amide bonds. The highest BCUT2D eigenvalue weighted by Gasteiger charge is 2.56. The molecule has 6 heteroatoms. The zero-order valence-corrected chi connectivity index (χ0v) is 14.7. The number of amides is 4. The first-order valence-electron chi connectivity index (χ1n) is 8.48. The lowest BCUT2D eigenvalue weighted by Gasteiger charge is -2.45. The van der Waals surface area contributed by atoms with Gasteiger partial charge in [0, 0.05) is 19.3 Å². The van der Waals surface area contributed by atoms with Crippen LogP contribution in [-0.4, -0.2) is 31.4 Å². The Kier molecular flexibility index (Phi) is 3.57. The van der Waals surface area contributed by atoms with Gasteiger partial charge < -0.3 is 4.90 Å². The molecule has 0 aromatic heterocycles. The first-order chi connectivity index (χ1) is 12.4. The van der Waals surface area contributed by atoms with E-state index in [2.05, 4.69) is 5.32 Å². The van der Waals surface area contributed by atoms with Crippen LogP contribution in [0.15, 0.2) is 48.5 Å². The molecule has 4 rings (SSSR count). The third kappa shape index (κ3) is 2.29. The Hall–Kier alpha value is -3.15. The van der Waals surface area contributed by atoms with E-state index in [0.717, 1.165) is 21.7 Å². The molecule has 26 heavy (non-hydrogen) atoms. The van der Waals surface area contributed by atoms with E-state index in [-0.39, 0.29) is 13.0 Å². The lowest BCUT2D eigenvalue weighted by atomic mass is 9.74. The second-order valence-electron chi connectivity index (χ2n) is 6.98. The number of barbiturate groups is 1. The number of nitrogens with one attached hydrogen (secondary N) is 1. The maximum atomic E-state index is 13.4. The molecule has 2 aliphatic heterocycles. The third-order valence-corrected chi connectivity index (χ3v) is 5.13. The smallest absolute Gasteiger partial charge is 0.335 e. The van der Waals surface area contributed by atoms with Crippen LogP contribution in [0.5, 0.6) is 0 Å². The lowest BCUT2D eigenvalue weighted by molar-refractivity contribution is -0.142. The van der Waals surface area contributed by atoms with Gasteiger partial charge in [0.15, 0.2) is 5.41 Å². The summed E-state index contributed by atoms with van der Waals surface area (Å²) >= 11 is 0. The fourth-order valence-corrected chi connectivity index (χ4v) is 3.88. The van der Waals surface area contributed by atoms with Gasteiger partial charge in [-0.25, -0.2) is 9.69 Å². The van der Waals surface area contributed by atoms with Crippen molar-refractivity contribution in [2.45, 2.75) is 13.3 Å². The van der Waals surface area contributed by atoms with Crippen LogP contribution in [0.2, 0.25) is 0 Å². The highest BCUT2D eigenvalue weighted by Crippen LogP contribution is 2.40. The number of imide groups is 2. The average molecular weight is 349 g/mol. The molecule has 6 nitrogen and oxygen atoms in total. The van der Waals surface area contributed by atoms with Crippen molar-refractivity contribution >= 4 is 29.2 Å². The number of fused-ring (bicyclic) bond motifs is 1. The molecular formula is C20H19N3O3. The van der Waals surface area contributed by atoms with Gasteiger partial charge in [-0.3, -0.25) is 14.9 Å². The summed E-state index contributed by atoms with van der Waals surface area (Å²) in [6.07, 6.45) is 0.273. The molecule has 0 bridgehead atoms. The van der Waals surface area contributed by atoms with Gasteiger partial charge in [0.1, 0.15) is 0 Å². The number of para-hydroxylation sites is 1. The largest absolute Gasteiger partial charge is 0.373 e. The van der Waals surface area contributed by atoms with Crippen LogP contribution >= 0.6 is 0 Å². The number of carbonyl (C=O) groups is 3. The number of benzene rings is 2. The topological polar surface area (TPSA) is 69.7 Å². The first kappa shape index (κ1) is 16.3. The van der Waals surface area contributed by atoms with Crippen molar-refractivity contribution in [3.63, 3.8) is 0 Å². The average Bonchev–Trinajstić information content (AvgIpc) is 2.61. The second-order valence-corrected chi connectivity index (χ2v) is 6.98. The van der Waals surface area contributed by atoms with E-state index in [1.54, 1.807) is 24.3 Å². The molecule has 0 aliphatic carbocycles. The van der Waals surface area contributed by atoms with Crippen molar-refractivity contribution in [1.82, 2.24) is 5.32 Å². The van der Waals surface area contributed by atoms with E-state index in [1.807, 2.05) is 43.1 Å². The van der Waals surface area contributed by atoms with Crippen LogP contribution in [0.3, 0.4) is 0 Å². The number of hydrogen-bond acceptors (Lipinski definition) is 4. The zero-order chi connectivity index (χ0) is 18.5. The fraction of sp³-hybridized carbons (Fsp3) is 0.250. The minimum absolute atomic E-state index is 0.227. The summed E-state index contributed by atoms with van der Waals surface area (Å²) < 4.78 is 0. The monoisotopic (exact) mass is 349 g/mol. The SMILES string of the molecule is Cc1ccc2c(c1)C[C@@]1(CN2C)C(=O)NC(=O)N(c2ccccc2)C1=O. The summed E-state index contributed by atoms with van der Waals surface area (Å²) in [7, 11) is 1.86. The molecule has 1 N–H and O–H groups in total. The minimum Gasteiger partial charge on any atom is -0.373 e. The Morgan fingerprint density at radius 3 is 2.50 bits per heavy atom. The van der Waals surface area contributed by atoms with E-state index in [0.29, 0.717) is 5.69 Å². The van der Waals surface area contributed by atoms with Gasteiger partial charge in [-0.15, -0.1) is 0 Å². The van der Waals surface area contributed by atoms with Crippen LogP contribution < -0.4 is 15.1 Å². The molecule has 2 aliphatic rings. The van der Waals surface area contributed by atoms with Gasteiger partial charge >= 0.3 is 6.03 Å². The van der Waals surface area contributed by atoms with Crippen LogP contribution in [0, 0.1) is 12.3 Å². The molecule has 2 aromatic carbocycles. The quantitative estimate of drug-likeness (QED) is 0.802. The van der Waals surface area contributed by atoms with Crippen LogP contribution in [0.4, 0.5) is 16.2 Å². The van der Waals surface area contributed by atoms with Crippen molar-refractivity contribution in [2.24, 2.45) is 5.41 Å². The number of rotatable bonds is 1. The molecule has 1 saturated heterocycles. The summed E-state index contributed by atoms with van der Waals surface area (Å²) in [4.78, 5) is 41.6. The summed E-state index contributed by atoms with van der Waals surface area (Å²) in [5.41, 5.74) is 2.14. The Morgan fingerprint density at radius 2 is 1.77 bits per heavy atom. The van der Waals surface area contributed by atoms with Crippen LogP contribution in [-0.2, 0) is 16.0 Å². The Morgan fingerprint density at radius 1 is 1.04 bits per heavy atom. The van der Waals surface area contributed by atoms with Crippen molar-refractivity contribution in [3.8, 4) is 0 Å². The van der Waals surface area contributed by atoms with Gasteiger partial charge in [0.25, 0.3) is 5.91 Å². The van der Waals surface area contributed by atoms with Crippen LogP contribution in [0.25, 0.3) is 0 Å². The van der Waals surface area contributed by atoms with E-state index in [4.69, 9.17) is 0 Å². The summed E-state index contributed by atoms with van der Waals surface area (Å²) in [6, 6.07) is 14.0. The molecule has 1 fully saturated rings. The standard InChI is InChI=1S/C20H19N3O3/c1-13-8-9-16-14(10-13)11-20(12-22(16)2)17(24)21-19(26)23(18(20)25)15-6-4-3-5-7-15/h3-10H,11-12H2,1-2H3,(H,21,24,26)/t20-/m1/s1. The first-order valence-corrected chi connectivity index (χ1v) is 8.48. The molecule has 0 unspecified atom stereocenters. The van der Waals surface area contributed by atoms with Crippen molar-refractivity contribution < 1.29 is 14.4 Å². The van der Waals surface area contributed by atoms with E-state index in [1.165, 1.54) is 0 Å². The number of hydrogen-bond donors (Lipinski definition) is 1. The van der Waals surface area contributed by atoms with Gasteiger partial charge in [-0.05, 0) is 37.1 Å². The summed E-state index contributed by atoms with van der Waals surface area (Å²) in [5.74, 6) is -1.00. The fourth-order valence-electron chi connectivity index (χ4n) is 3.88. The molecule has 1 atom stereocenters. The molecule has 2 aromatic rings. The molecule has 132 valence electrons. The normalized spacial score (nSPS) is 22.5. The Labute approximate surface area is 151 Å². The highest BCUT2D eigenvalue weighted by molar-refractivity contribution is 6.30. The minimum atomic E-state index is -1.32. The van der Waals surface area contributed by atoms with Gasteiger partial charge in [-0.2, -0.15) is 0 Å². The maximum Gasteiger partial charge on any atom is 0.335 e. The molecular weight excluding hydrogens is 330 g/mol. The number of anilines is 2. The number of urea groups is 1. The van der Waals surface area contributed by atoms with Crippen LogP contribution in [0.1, 0.15) is 11.1 Å². The molecule has 1 spiro atoms. The van der Waals surface area contributed by atoms with Gasteiger partial charge in [0.2, 0.25) is 5.91 Å². The Bertz CT molecular complexity index is 925. The molecule has 2 heterocycles. The second kappa shape index (κ2) is 5.69. The number of nitrogens with zero attached hydrogens (tertiary/aromatic N) is 2. The van der Waals surface area contributed by atoms with E-state index in [9.17, 15) is 14.4 Å².